The van der Waals surface area contributed by atoms with Gasteiger partial charge in [0, 0.05) is 38.2 Å². The second kappa shape index (κ2) is 6.92. The fraction of sp³-hybridized carbons (Fsp3) is 0.450. The average Bonchev–Trinajstić information content (AvgIpc) is 3.09. The lowest BCUT2D eigenvalue weighted by molar-refractivity contribution is 0.0712. The second-order valence-electron chi connectivity index (χ2n) is 7.32. The molecule has 5 nitrogen and oxygen atoms in total. The molecule has 0 aromatic carbocycles. The van der Waals surface area contributed by atoms with Crippen LogP contribution in [0, 0.1) is 5.41 Å². The van der Waals surface area contributed by atoms with Crippen molar-refractivity contribution in [2.24, 2.45) is 5.41 Å². The number of aromatic nitrogens is 2. The van der Waals surface area contributed by atoms with Crippen LogP contribution in [0.15, 0.2) is 48.9 Å². The Morgan fingerprint density at radius 1 is 1.04 bits per heavy atom. The lowest BCUT2D eigenvalue weighted by Gasteiger charge is -2.39. The third-order valence-electron chi connectivity index (χ3n) is 5.66. The third-order valence-corrected chi connectivity index (χ3v) is 5.66. The summed E-state index contributed by atoms with van der Waals surface area (Å²) in [6, 6.07) is 9.78. The minimum atomic E-state index is 0.126. The quantitative estimate of drug-likeness (QED) is 0.864. The summed E-state index contributed by atoms with van der Waals surface area (Å²) in [5.41, 5.74) is 2.14. The minimum absolute atomic E-state index is 0.126. The van der Waals surface area contributed by atoms with Gasteiger partial charge in [-0.25, -0.2) is 0 Å². The molecule has 2 fully saturated rings. The summed E-state index contributed by atoms with van der Waals surface area (Å²) >= 11 is 0. The first-order valence-electron chi connectivity index (χ1n) is 9.06. The van der Waals surface area contributed by atoms with Crippen molar-refractivity contribution in [2.45, 2.75) is 25.8 Å². The molecule has 2 aromatic rings. The van der Waals surface area contributed by atoms with E-state index in [0.717, 1.165) is 57.7 Å². The van der Waals surface area contributed by atoms with Gasteiger partial charge in [-0.05, 0) is 62.0 Å². The summed E-state index contributed by atoms with van der Waals surface area (Å²) in [7, 11) is 0. The molecule has 2 aliphatic heterocycles. The molecule has 1 spiro atoms. The number of piperidine rings is 1. The van der Waals surface area contributed by atoms with Crippen LogP contribution in [0.2, 0.25) is 0 Å². The first kappa shape index (κ1) is 16.2. The molecule has 1 amide bonds. The number of amides is 1. The Kier molecular flexibility index (Phi) is 4.49. The molecule has 4 rings (SSSR count). The third kappa shape index (κ3) is 3.56. The van der Waals surface area contributed by atoms with Crippen LogP contribution in [-0.4, -0.2) is 51.9 Å². The topological polar surface area (TPSA) is 49.3 Å². The molecule has 0 bridgehead atoms. The molecule has 0 aliphatic carbocycles. The normalized spacial score (nSPS) is 20.1. The van der Waals surface area contributed by atoms with E-state index in [1.54, 1.807) is 12.4 Å². The van der Waals surface area contributed by atoms with Crippen LogP contribution in [0.3, 0.4) is 0 Å². The van der Waals surface area contributed by atoms with Gasteiger partial charge in [0.2, 0.25) is 0 Å². The van der Waals surface area contributed by atoms with E-state index in [2.05, 4.69) is 20.9 Å². The summed E-state index contributed by atoms with van der Waals surface area (Å²) in [5.74, 6) is 0.126. The van der Waals surface area contributed by atoms with E-state index < -0.39 is 0 Å². The highest BCUT2D eigenvalue weighted by atomic mass is 16.2. The molecule has 5 heteroatoms. The van der Waals surface area contributed by atoms with E-state index in [1.807, 2.05) is 35.4 Å². The standard InChI is InChI=1S/C20H24N4O/c25-19(17-4-3-9-21-14-17)24-13-8-20(16-24)6-11-23(12-7-20)15-18-5-1-2-10-22-18/h1-5,9-10,14H,6-8,11-13,15-16H2. The average molecular weight is 336 g/mol. The van der Waals surface area contributed by atoms with Gasteiger partial charge in [0.1, 0.15) is 0 Å². The van der Waals surface area contributed by atoms with Crippen molar-refractivity contribution in [3.63, 3.8) is 0 Å². The molecule has 4 heterocycles. The fourth-order valence-corrected chi connectivity index (χ4v) is 4.09. The van der Waals surface area contributed by atoms with Gasteiger partial charge in [0.15, 0.2) is 0 Å². The van der Waals surface area contributed by atoms with Crippen molar-refractivity contribution >= 4 is 5.91 Å². The zero-order valence-electron chi connectivity index (χ0n) is 14.5. The van der Waals surface area contributed by atoms with Crippen molar-refractivity contribution in [1.82, 2.24) is 19.8 Å². The first-order chi connectivity index (χ1) is 12.2. The highest BCUT2D eigenvalue weighted by molar-refractivity contribution is 5.94. The molecule has 0 atom stereocenters. The Balaban J connectivity index is 1.34. The number of hydrogen-bond donors (Lipinski definition) is 0. The van der Waals surface area contributed by atoms with Gasteiger partial charge in [-0.2, -0.15) is 0 Å². The van der Waals surface area contributed by atoms with Crippen LogP contribution >= 0.6 is 0 Å². The fourth-order valence-electron chi connectivity index (χ4n) is 4.09. The summed E-state index contributed by atoms with van der Waals surface area (Å²) in [6.45, 7) is 4.86. The van der Waals surface area contributed by atoms with Crippen molar-refractivity contribution in [3.8, 4) is 0 Å². The highest BCUT2D eigenvalue weighted by Gasteiger charge is 2.42. The number of likely N-dealkylation sites (tertiary alicyclic amines) is 2. The van der Waals surface area contributed by atoms with E-state index in [9.17, 15) is 4.79 Å². The SMILES string of the molecule is O=C(c1cccnc1)N1CCC2(CCN(Cc3ccccn3)CC2)C1. The maximum atomic E-state index is 12.6. The first-order valence-corrected chi connectivity index (χ1v) is 9.06. The number of carbonyl (C=O) groups excluding carboxylic acids is 1. The Bertz CT molecular complexity index is 711. The molecule has 25 heavy (non-hydrogen) atoms. The molecule has 130 valence electrons. The lowest BCUT2D eigenvalue weighted by atomic mass is 9.78. The van der Waals surface area contributed by atoms with Crippen molar-refractivity contribution in [3.05, 3.63) is 60.2 Å². The summed E-state index contributed by atoms with van der Waals surface area (Å²) < 4.78 is 0. The molecule has 2 aliphatic rings. The smallest absolute Gasteiger partial charge is 0.255 e. The minimum Gasteiger partial charge on any atom is -0.338 e. The predicted octanol–water partition coefficient (Wildman–Crippen LogP) is 2.60. The number of nitrogens with zero attached hydrogens (tertiary/aromatic N) is 4. The van der Waals surface area contributed by atoms with E-state index in [1.165, 1.54) is 0 Å². The van der Waals surface area contributed by atoms with Crippen LogP contribution in [0.1, 0.15) is 35.3 Å². The molecule has 0 unspecified atom stereocenters. The van der Waals surface area contributed by atoms with Crippen LogP contribution in [-0.2, 0) is 6.54 Å². The van der Waals surface area contributed by atoms with Gasteiger partial charge < -0.3 is 4.90 Å². The van der Waals surface area contributed by atoms with Crippen LogP contribution < -0.4 is 0 Å². The van der Waals surface area contributed by atoms with Crippen LogP contribution in [0.4, 0.5) is 0 Å². The van der Waals surface area contributed by atoms with Gasteiger partial charge >= 0.3 is 0 Å². The van der Waals surface area contributed by atoms with E-state index >= 15 is 0 Å². The Morgan fingerprint density at radius 3 is 2.60 bits per heavy atom. The number of pyridine rings is 2. The van der Waals surface area contributed by atoms with Crippen molar-refractivity contribution < 1.29 is 4.79 Å². The van der Waals surface area contributed by atoms with Crippen LogP contribution in [0.5, 0.6) is 0 Å². The second-order valence-corrected chi connectivity index (χ2v) is 7.32. The number of carbonyl (C=O) groups is 1. The van der Waals surface area contributed by atoms with Crippen molar-refractivity contribution in [1.29, 1.82) is 0 Å². The molecule has 2 aromatic heterocycles. The number of rotatable bonds is 3. The van der Waals surface area contributed by atoms with E-state index in [-0.39, 0.29) is 5.91 Å². The van der Waals surface area contributed by atoms with Gasteiger partial charge in [-0.1, -0.05) is 6.07 Å². The molecule has 0 N–H and O–H groups in total. The van der Waals surface area contributed by atoms with E-state index in [4.69, 9.17) is 0 Å². The van der Waals surface area contributed by atoms with E-state index in [0.29, 0.717) is 11.0 Å². The summed E-state index contributed by atoms with van der Waals surface area (Å²) in [4.78, 5) is 25.7. The molecule has 2 saturated heterocycles. The van der Waals surface area contributed by atoms with Crippen LogP contribution in [0.25, 0.3) is 0 Å². The molecular weight excluding hydrogens is 312 g/mol. The summed E-state index contributed by atoms with van der Waals surface area (Å²) in [5, 5.41) is 0. The van der Waals surface area contributed by atoms with Crippen molar-refractivity contribution in [2.75, 3.05) is 26.2 Å². The van der Waals surface area contributed by atoms with Gasteiger partial charge in [-0.15, -0.1) is 0 Å². The molecule has 0 radical (unpaired) electrons. The Morgan fingerprint density at radius 2 is 1.88 bits per heavy atom. The Labute approximate surface area is 148 Å². The lowest BCUT2D eigenvalue weighted by Crippen LogP contribution is -2.42. The van der Waals surface area contributed by atoms with Gasteiger partial charge in [0.05, 0.1) is 11.3 Å². The predicted molar refractivity (Wildman–Crippen MR) is 95.9 cm³/mol. The zero-order valence-corrected chi connectivity index (χ0v) is 14.5. The summed E-state index contributed by atoms with van der Waals surface area (Å²) in [6.07, 6.45) is 8.69. The molecular formula is C20H24N4O. The Hall–Kier alpha value is -2.27. The number of hydrogen-bond acceptors (Lipinski definition) is 4. The van der Waals surface area contributed by atoms with Gasteiger partial charge in [0.25, 0.3) is 5.91 Å². The largest absolute Gasteiger partial charge is 0.338 e. The maximum absolute atomic E-state index is 12.6. The molecule has 0 saturated carbocycles. The zero-order chi connectivity index (χ0) is 17.1. The monoisotopic (exact) mass is 336 g/mol. The van der Waals surface area contributed by atoms with Gasteiger partial charge in [-0.3, -0.25) is 19.7 Å². The highest BCUT2D eigenvalue weighted by Crippen LogP contribution is 2.40. The maximum Gasteiger partial charge on any atom is 0.255 e.